The van der Waals surface area contributed by atoms with Crippen molar-refractivity contribution in [3.05, 3.63) is 101 Å². The molecule has 3 aromatic rings. The molecule has 0 radical (unpaired) electrons. The molecule has 0 atom stereocenters. The SMILES string of the molecule is Cc1cc(C)cc(N2C(=O)NC(=O)C(=Cc3ccc(OCc4ccccc4)cc3)C2=O)c1. The Morgan fingerprint density at radius 3 is 2.19 bits per heavy atom. The quantitative estimate of drug-likeness (QED) is 0.480. The number of imide groups is 2. The molecule has 1 heterocycles. The number of benzene rings is 3. The van der Waals surface area contributed by atoms with Gasteiger partial charge in [0.2, 0.25) is 0 Å². The zero-order valence-corrected chi connectivity index (χ0v) is 17.8. The fraction of sp³-hybridized carbons (Fsp3) is 0.115. The molecule has 4 amide bonds. The van der Waals surface area contributed by atoms with E-state index in [1.165, 1.54) is 6.08 Å². The van der Waals surface area contributed by atoms with Gasteiger partial charge in [0.15, 0.2) is 0 Å². The molecule has 1 N–H and O–H groups in total. The minimum absolute atomic E-state index is 0.110. The van der Waals surface area contributed by atoms with Gasteiger partial charge in [-0.3, -0.25) is 14.9 Å². The number of urea groups is 1. The zero-order valence-electron chi connectivity index (χ0n) is 17.8. The molecule has 0 spiro atoms. The van der Waals surface area contributed by atoms with Crippen LogP contribution in [0, 0.1) is 13.8 Å². The van der Waals surface area contributed by atoms with Crippen LogP contribution in [0.5, 0.6) is 5.75 Å². The van der Waals surface area contributed by atoms with Gasteiger partial charge in [-0.25, -0.2) is 9.69 Å². The highest BCUT2D eigenvalue weighted by atomic mass is 16.5. The third-order valence-electron chi connectivity index (χ3n) is 5.01. The topological polar surface area (TPSA) is 75.7 Å². The van der Waals surface area contributed by atoms with E-state index in [-0.39, 0.29) is 5.57 Å². The van der Waals surface area contributed by atoms with Crippen molar-refractivity contribution in [2.45, 2.75) is 20.5 Å². The summed E-state index contributed by atoms with van der Waals surface area (Å²) >= 11 is 0. The smallest absolute Gasteiger partial charge is 0.335 e. The molecule has 6 nitrogen and oxygen atoms in total. The summed E-state index contributed by atoms with van der Waals surface area (Å²) in [5.41, 5.74) is 3.84. The molecule has 1 fully saturated rings. The largest absolute Gasteiger partial charge is 0.489 e. The fourth-order valence-corrected chi connectivity index (χ4v) is 3.54. The normalized spacial score (nSPS) is 15.1. The fourth-order valence-electron chi connectivity index (χ4n) is 3.54. The van der Waals surface area contributed by atoms with Gasteiger partial charge < -0.3 is 4.74 Å². The van der Waals surface area contributed by atoms with E-state index in [9.17, 15) is 14.4 Å². The summed E-state index contributed by atoms with van der Waals surface area (Å²) in [5.74, 6) is -0.708. The van der Waals surface area contributed by atoms with Crippen LogP contribution in [-0.4, -0.2) is 17.8 Å². The summed E-state index contributed by atoms with van der Waals surface area (Å²) in [4.78, 5) is 38.8. The summed E-state index contributed by atoms with van der Waals surface area (Å²) in [7, 11) is 0. The van der Waals surface area contributed by atoms with Crippen molar-refractivity contribution in [1.29, 1.82) is 0 Å². The number of carbonyl (C=O) groups is 3. The van der Waals surface area contributed by atoms with Gasteiger partial charge in [0.05, 0.1) is 5.69 Å². The maximum absolute atomic E-state index is 13.1. The van der Waals surface area contributed by atoms with Gasteiger partial charge in [0.25, 0.3) is 11.8 Å². The second-order valence-electron chi connectivity index (χ2n) is 7.65. The third kappa shape index (κ3) is 4.59. The highest BCUT2D eigenvalue weighted by molar-refractivity contribution is 6.39. The van der Waals surface area contributed by atoms with Gasteiger partial charge in [-0.1, -0.05) is 48.5 Å². The first-order valence-electron chi connectivity index (χ1n) is 10.2. The molecule has 0 unspecified atom stereocenters. The van der Waals surface area contributed by atoms with Gasteiger partial charge in [-0.15, -0.1) is 0 Å². The van der Waals surface area contributed by atoms with Crippen LogP contribution in [0.25, 0.3) is 6.08 Å². The van der Waals surface area contributed by atoms with E-state index < -0.39 is 17.8 Å². The van der Waals surface area contributed by atoms with Gasteiger partial charge in [0, 0.05) is 0 Å². The summed E-state index contributed by atoms with van der Waals surface area (Å²) in [5, 5.41) is 2.25. The van der Waals surface area contributed by atoms with Crippen molar-refractivity contribution in [2.24, 2.45) is 0 Å². The number of hydrogen-bond acceptors (Lipinski definition) is 4. The molecule has 6 heteroatoms. The van der Waals surface area contributed by atoms with Crippen LogP contribution < -0.4 is 15.0 Å². The van der Waals surface area contributed by atoms with Crippen LogP contribution in [0.4, 0.5) is 10.5 Å². The Balaban J connectivity index is 1.55. The van der Waals surface area contributed by atoms with Crippen molar-refractivity contribution < 1.29 is 19.1 Å². The summed E-state index contributed by atoms with van der Waals surface area (Å²) < 4.78 is 5.77. The lowest BCUT2D eigenvalue weighted by atomic mass is 10.1. The van der Waals surface area contributed by atoms with E-state index in [1.54, 1.807) is 36.4 Å². The Hall–Kier alpha value is -4.19. The van der Waals surface area contributed by atoms with Crippen molar-refractivity contribution in [3.8, 4) is 5.75 Å². The number of nitrogens with zero attached hydrogens (tertiary/aromatic N) is 1. The van der Waals surface area contributed by atoms with Crippen LogP contribution in [0.15, 0.2) is 78.4 Å². The molecule has 0 aliphatic carbocycles. The highest BCUT2D eigenvalue weighted by Gasteiger charge is 2.36. The Labute approximate surface area is 186 Å². The maximum Gasteiger partial charge on any atom is 0.335 e. The number of nitrogens with one attached hydrogen (secondary N) is 1. The molecule has 0 aromatic heterocycles. The standard InChI is InChI=1S/C26H22N2O4/c1-17-12-18(2)14-21(13-17)28-25(30)23(24(29)27-26(28)31)15-19-8-10-22(11-9-19)32-16-20-6-4-3-5-7-20/h3-15H,16H2,1-2H3,(H,27,29,31). The van der Waals surface area contributed by atoms with Crippen LogP contribution in [-0.2, 0) is 16.2 Å². The van der Waals surface area contributed by atoms with E-state index in [4.69, 9.17) is 4.74 Å². The van der Waals surface area contributed by atoms with Crippen molar-refractivity contribution >= 4 is 29.6 Å². The second kappa shape index (κ2) is 8.89. The van der Waals surface area contributed by atoms with Crippen LogP contribution in [0.2, 0.25) is 0 Å². The van der Waals surface area contributed by atoms with Gasteiger partial charge >= 0.3 is 6.03 Å². The average molecular weight is 426 g/mol. The van der Waals surface area contributed by atoms with E-state index in [0.717, 1.165) is 21.6 Å². The van der Waals surface area contributed by atoms with Crippen LogP contribution in [0.3, 0.4) is 0 Å². The minimum Gasteiger partial charge on any atom is -0.489 e. The molecule has 4 rings (SSSR count). The second-order valence-corrected chi connectivity index (χ2v) is 7.65. The lowest BCUT2D eigenvalue weighted by molar-refractivity contribution is -0.122. The maximum atomic E-state index is 13.1. The van der Waals surface area contributed by atoms with Crippen LogP contribution >= 0.6 is 0 Å². The predicted octanol–water partition coefficient (Wildman–Crippen LogP) is 4.55. The van der Waals surface area contributed by atoms with Crippen molar-refractivity contribution in [1.82, 2.24) is 5.32 Å². The van der Waals surface area contributed by atoms with Crippen LogP contribution in [0.1, 0.15) is 22.3 Å². The Bertz CT molecular complexity index is 1190. The number of anilines is 1. The first kappa shape index (κ1) is 21.1. The number of hydrogen-bond donors (Lipinski definition) is 1. The van der Waals surface area contributed by atoms with E-state index in [1.807, 2.05) is 50.2 Å². The first-order valence-corrected chi connectivity index (χ1v) is 10.2. The lowest BCUT2D eigenvalue weighted by Crippen LogP contribution is -2.54. The van der Waals surface area contributed by atoms with Crippen molar-refractivity contribution in [2.75, 3.05) is 4.90 Å². The molecular formula is C26H22N2O4. The Morgan fingerprint density at radius 2 is 1.53 bits per heavy atom. The van der Waals surface area contributed by atoms with Crippen molar-refractivity contribution in [3.63, 3.8) is 0 Å². The van der Waals surface area contributed by atoms with E-state index >= 15 is 0 Å². The molecule has 32 heavy (non-hydrogen) atoms. The molecule has 1 aliphatic heterocycles. The van der Waals surface area contributed by atoms with E-state index in [2.05, 4.69) is 5.32 Å². The van der Waals surface area contributed by atoms with Gasteiger partial charge in [-0.05, 0) is 66.4 Å². The summed E-state index contributed by atoms with van der Waals surface area (Å²) in [6.45, 7) is 4.20. The van der Waals surface area contributed by atoms with Gasteiger partial charge in [-0.2, -0.15) is 0 Å². The number of amides is 4. The third-order valence-corrected chi connectivity index (χ3v) is 5.01. The molecular weight excluding hydrogens is 404 g/mol. The number of aryl methyl sites for hydroxylation is 2. The first-order chi connectivity index (χ1) is 15.4. The molecule has 0 saturated carbocycles. The van der Waals surface area contributed by atoms with Gasteiger partial charge in [0.1, 0.15) is 17.9 Å². The minimum atomic E-state index is -0.758. The Kier molecular flexibility index (Phi) is 5.85. The highest BCUT2D eigenvalue weighted by Crippen LogP contribution is 2.25. The number of barbiturate groups is 1. The molecule has 1 aliphatic rings. The number of ether oxygens (including phenoxy) is 1. The molecule has 0 bridgehead atoms. The van der Waals surface area contributed by atoms with E-state index in [0.29, 0.717) is 23.6 Å². The predicted molar refractivity (Wildman–Crippen MR) is 122 cm³/mol. The zero-order chi connectivity index (χ0) is 22.7. The lowest BCUT2D eigenvalue weighted by Gasteiger charge is -2.27. The molecule has 1 saturated heterocycles. The Morgan fingerprint density at radius 1 is 0.875 bits per heavy atom. The number of rotatable bonds is 5. The summed E-state index contributed by atoms with van der Waals surface area (Å²) in [6.07, 6.45) is 1.47. The molecule has 160 valence electrons. The average Bonchev–Trinajstić information content (AvgIpc) is 2.76. The number of carbonyl (C=O) groups excluding carboxylic acids is 3. The monoisotopic (exact) mass is 426 g/mol. The molecule has 3 aromatic carbocycles. The summed E-state index contributed by atoms with van der Waals surface area (Å²) in [6, 6.07) is 21.5.